The van der Waals surface area contributed by atoms with Gasteiger partial charge in [-0.2, -0.15) is 0 Å². The van der Waals surface area contributed by atoms with E-state index in [2.05, 4.69) is 21.2 Å². The molecular weight excluding hydrogens is 329 g/mol. The molecule has 0 saturated heterocycles. The summed E-state index contributed by atoms with van der Waals surface area (Å²) < 4.78 is 13.4. The van der Waals surface area contributed by atoms with Gasteiger partial charge in [0.2, 0.25) is 5.91 Å². The number of carbonyl (C=O) groups is 2. The van der Waals surface area contributed by atoms with Crippen molar-refractivity contribution in [2.24, 2.45) is 0 Å². The van der Waals surface area contributed by atoms with E-state index in [0.29, 0.717) is 16.5 Å². The van der Waals surface area contributed by atoms with Gasteiger partial charge in [-0.1, -0.05) is 6.07 Å². The lowest BCUT2D eigenvalue weighted by molar-refractivity contribution is -0.137. The van der Waals surface area contributed by atoms with Gasteiger partial charge in [-0.25, -0.2) is 4.39 Å². The summed E-state index contributed by atoms with van der Waals surface area (Å²) in [6.45, 7) is 3.54. The molecule has 0 unspecified atom stereocenters. The number of carboxylic acids is 1. The molecule has 110 valence electrons. The van der Waals surface area contributed by atoms with Crippen LogP contribution in [0, 0.1) is 5.82 Å². The minimum absolute atomic E-state index is 0.00459. The van der Waals surface area contributed by atoms with Gasteiger partial charge in [0.25, 0.3) is 0 Å². The van der Waals surface area contributed by atoms with Gasteiger partial charge in [0, 0.05) is 12.0 Å². The van der Waals surface area contributed by atoms with Crippen molar-refractivity contribution in [1.82, 2.24) is 5.32 Å². The van der Waals surface area contributed by atoms with Crippen molar-refractivity contribution in [1.29, 1.82) is 0 Å². The van der Waals surface area contributed by atoms with E-state index in [9.17, 15) is 14.0 Å². The molecule has 1 aromatic carbocycles. The Bertz CT molecular complexity index is 517. The normalized spacial score (nSPS) is 11.2. The second-order valence-electron chi connectivity index (χ2n) is 5.25. The number of nitrogens with one attached hydrogen (secondary N) is 1. The largest absolute Gasteiger partial charge is 0.481 e. The van der Waals surface area contributed by atoms with Gasteiger partial charge in [0.05, 0.1) is 10.9 Å². The number of aliphatic carboxylic acids is 1. The molecule has 0 fully saturated rings. The molecular formula is C14H17BrFNO3. The second-order valence-corrected chi connectivity index (χ2v) is 6.11. The van der Waals surface area contributed by atoms with Gasteiger partial charge in [-0.05, 0) is 53.9 Å². The molecule has 0 saturated carbocycles. The van der Waals surface area contributed by atoms with Crippen LogP contribution in [0.2, 0.25) is 0 Å². The first kappa shape index (κ1) is 16.6. The molecule has 0 heterocycles. The van der Waals surface area contributed by atoms with Gasteiger partial charge in [-0.15, -0.1) is 0 Å². The maximum atomic E-state index is 13.1. The number of amides is 1. The van der Waals surface area contributed by atoms with E-state index in [4.69, 9.17) is 5.11 Å². The highest BCUT2D eigenvalue weighted by Gasteiger charge is 2.21. The molecule has 2 N–H and O–H groups in total. The summed E-state index contributed by atoms with van der Waals surface area (Å²) in [4.78, 5) is 22.4. The summed E-state index contributed by atoms with van der Waals surface area (Å²) in [7, 11) is 0. The van der Waals surface area contributed by atoms with Crippen LogP contribution in [0.1, 0.15) is 32.3 Å². The minimum Gasteiger partial charge on any atom is -0.481 e. The molecule has 0 aliphatic rings. The highest BCUT2D eigenvalue weighted by atomic mass is 79.9. The Labute approximate surface area is 125 Å². The molecule has 0 aliphatic carbocycles. The monoisotopic (exact) mass is 345 g/mol. The Hall–Kier alpha value is -1.43. The molecule has 1 rings (SSSR count). The van der Waals surface area contributed by atoms with Crippen LogP contribution in [-0.2, 0) is 16.0 Å². The lowest BCUT2D eigenvalue weighted by atomic mass is 9.98. The lowest BCUT2D eigenvalue weighted by Crippen LogP contribution is -2.44. The third-order valence-electron chi connectivity index (χ3n) is 2.79. The van der Waals surface area contributed by atoms with Crippen LogP contribution in [0.15, 0.2) is 22.7 Å². The quantitative estimate of drug-likeness (QED) is 0.832. The van der Waals surface area contributed by atoms with Crippen molar-refractivity contribution < 1.29 is 19.1 Å². The Morgan fingerprint density at radius 1 is 1.40 bits per heavy atom. The number of hydrogen-bond acceptors (Lipinski definition) is 2. The van der Waals surface area contributed by atoms with Crippen LogP contribution in [0.3, 0.4) is 0 Å². The van der Waals surface area contributed by atoms with Crippen molar-refractivity contribution in [2.75, 3.05) is 0 Å². The first-order valence-electron chi connectivity index (χ1n) is 6.16. The summed E-state index contributed by atoms with van der Waals surface area (Å²) in [5.41, 5.74) is 0.0945. The molecule has 1 aromatic rings. The maximum Gasteiger partial charge on any atom is 0.303 e. The molecule has 0 atom stereocenters. The average Bonchev–Trinajstić information content (AvgIpc) is 2.31. The molecule has 1 amide bonds. The van der Waals surface area contributed by atoms with Gasteiger partial charge >= 0.3 is 5.97 Å². The third-order valence-corrected chi connectivity index (χ3v) is 3.40. The smallest absolute Gasteiger partial charge is 0.303 e. The SMILES string of the molecule is CC(C)(CCC(=O)O)NC(=O)Cc1ccc(F)c(Br)c1. The van der Waals surface area contributed by atoms with Crippen LogP contribution in [0.5, 0.6) is 0 Å². The predicted octanol–water partition coefficient (Wildman–Crippen LogP) is 2.89. The number of hydrogen-bond donors (Lipinski definition) is 2. The van der Waals surface area contributed by atoms with E-state index in [-0.39, 0.29) is 24.6 Å². The van der Waals surface area contributed by atoms with Crippen LogP contribution in [0.4, 0.5) is 4.39 Å². The fourth-order valence-corrected chi connectivity index (χ4v) is 2.16. The van der Waals surface area contributed by atoms with Crippen LogP contribution in [-0.4, -0.2) is 22.5 Å². The fraction of sp³-hybridized carbons (Fsp3) is 0.429. The van der Waals surface area contributed by atoms with E-state index in [1.807, 2.05) is 0 Å². The Kier molecular flexibility index (Phi) is 5.68. The topological polar surface area (TPSA) is 66.4 Å². The van der Waals surface area contributed by atoms with Crippen LogP contribution >= 0.6 is 15.9 Å². The Morgan fingerprint density at radius 3 is 2.60 bits per heavy atom. The van der Waals surface area contributed by atoms with Crippen molar-refractivity contribution in [3.63, 3.8) is 0 Å². The van der Waals surface area contributed by atoms with E-state index >= 15 is 0 Å². The first-order valence-corrected chi connectivity index (χ1v) is 6.96. The number of rotatable bonds is 6. The van der Waals surface area contributed by atoms with Gasteiger partial charge in [0.1, 0.15) is 5.82 Å². The lowest BCUT2D eigenvalue weighted by Gasteiger charge is -2.25. The zero-order valence-corrected chi connectivity index (χ0v) is 13.0. The fourth-order valence-electron chi connectivity index (χ4n) is 1.74. The summed E-state index contributed by atoms with van der Waals surface area (Å²) in [5, 5.41) is 11.4. The highest BCUT2D eigenvalue weighted by molar-refractivity contribution is 9.10. The molecule has 4 nitrogen and oxygen atoms in total. The molecule has 6 heteroatoms. The van der Waals surface area contributed by atoms with Crippen molar-refractivity contribution in [3.05, 3.63) is 34.1 Å². The number of carbonyl (C=O) groups excluding carboxylic acids is 1. The molecule has 20 heavy (non-hydrogen) atoms. The maximum absolute atomic E-state index is 13.1. The second kappa shape index (κ2) is 6.83. The summed E-state index contributed by atoms with van der Waals surface area (Å²) in [6.07, 6.45) is 0.464. The molecule has 0 radical (unpaired) electrons. The van der Waals surface area contributed by atoms with Crippen molar-refractivity contribution in [3.8, 4) is 0 Å². The van der Waals surface area contributed by atoms with Gasteiger partial charge < -0.3 is 10.4 Å². The average molecular weight is 346 g/mol. The third kappa shape index (κ3) is 5.69. The first-order chi connectivity index (χ1) is 9.19. The molecule has 0 aromatic heterocycles. The standard InChI is InChI=1S/C14H17BrFNO3/c1-14(2,6-5-13(19)20)17-12(18)8-9-3-4-11(16)10(15)7-9/h3-4,7H,5-6,8H2,1-2H3,(H,17,18)(H,19,20). The van der Waals surface area contributed by atoms with E-state index in [0.717, 1.165) is 0 Å². The van der Waals surface area contributed by atoms with Crippen molar-refractivity contribution >= 4 is 27.8 Å². The van der Waals surface area contributed by atoms with E-state index in [1.54, 1.807) is 26.0 Å². The minimum atomic E-state index is -0.894. The van der Waals surface area contributed by atoms with Crippen LogP contribution in [0.25, 0.3) is 0 Å². The van der Waals surface area contributed by atoms with Crippen molar-refractivity contribution in [2.45, 2.75) is 38.6 Å². The molecule has 0 spiro atoms. The molecule has 0 aliphatic heterocycles. The predicted molar refractivity (Wildman–Crippen MR) is 76.9 cm³/mol. The van der Waals surface area contributed by atoms with E-state index in [1.165, 1.54) is 6.07 Å². The summed E-state index contributed by atoms with van der Waals surface area (Å²) in [5.74, 6) is -1.50. The Morgan fingerprint density at radius 2 is 2.05 bits per heavy atom. The number of carboxylic acid groups (broad SMARTS) is 1. The highest BCUT2D eigenvalue weighted by Crippen LogP contribution is 2.18. The number of halogens is 2. The van der Waals surface area contributed by atoms with Crippen LogP contribution < -0.4 is 5.32 Å². The van der Waals surface area contributed by atoms with Gasteiger partial charge in [0.15, 0.2) is 0 Å². The zero-order chi connectivity index (χ0) is 15.3. The van der Waals surface area contributed by atoms with Gasteiger partial charge in [-0.3, -0.25) is 9.59 Å². The Balaban J connectivity index is 2.58. The van der Waals surface area contributed by atoms with E-state index < -0.39 is 11.5 Å². The summed E-state index contributed by atoms with van der Waals surface area (Å²) in [6, 6.07) is 4.39. The zero-order valence-electron chi connectivity index (χ0n) is 11.4. The number of benzene rings is 1. The summed E-state index contributed by atoms with van der Waals surface area (Å²) >= 11 is 3.07. The molecule has 0 bridgehead atoms.